The Morgan fingerprint density at radius 1 is 1.11 bits per heavy atom. The third kappa shape index (κ3) is 3.31. The summed E-state index contributed by atoms with van der Waals surface area (Å²) >= 11 is 0. The average Bonchev–Trinajstić information content (AvgIpc) is 2.43. The van der Waals surface area contributed by atoms with Crippen LogP contribution in [0, 0.1) is 0 Å². The van der Waals surface area contributed by atoms with Crippen LogP contribution in [0.25, 0.3) is 10.8 Å². The number of hydrogen-bond acceptors (Lipinski definition) is 2. The number of unbranched alkanes of at least 4 members (excludes halogenated alkanes) is 1. The molecule has 0 aliphatic rings. The van der Waals surface area contributed by atoms with Crippen LogP contribution in [0.5, 0.6) is 0 Å². The Labute approximate surface area is 109 Å². The van der Waals surface area contributed by atoms with E-state index in [-0.39, 0.29) is 0 Å². The Kier molecular flexibility index (Phi) is 4.73. The quantitative estimate of drug-likeness (QED) is 0.763. The van der Waals surface area contributed by atoms with Gasteiger partial charge in [0.15, 0.2) is 0 Å². The van der Waals surface area contributed by atoms with Crippen LogP contribution >= 0.6 is 0 Å². The summed E-state index contributed by atoms with van der Waals surface area (Å²) in [5, 5.41) is 15.8. The molecule has 0 aliphatic heterocycles. The zero-order valence-electron chi connectivity index (χ0n) is 10.9. The number of rotatable bonds is 6. The van der Waals surface area contributed by atoms with Crippen molar-refractivity contribution in [3.8, 4) is 0 Å². The summed E-state index contributed by atoms with van der Waals surface area (Å²) in [6.45, 7) is 3.76. The molecule has 0 aliphatic carbocycles. The largest absolute Gasteiger partial charge is 0.387 e. The van der Waals surface area contributed by atoms with Gasteiger partial charge in [-0.05, 0) is 35.4 Å². The summed E-state index contributed by atoms with van der Waals surface area (Å²) in [4.78, 5) is 0. The second kappa shape index (κ2) is 6.53. The van der Waals surface area contributed by atoms with Gasteiger partial charge in [0, 0.05) is 6.54 Å². The summed E-state index contributed by atoms with van der Waals surface area (Å²) in [6, 6.07) is 14.4. The molecule has 0 saturated heterocycles. The predicted molar refractivity (Wildman–Crippen MR) is 76.7 cm³/mol. The second-order valence-electron chi connectivity index (χ2n) is 4.68. The van der Waals surface area contributed by atoms with Crippen molar-refractivity contribution < 1.29 is 5.11 Å². The van der Waals surface area contributed by atoms with E-state index in [9.17, 15) is 5.11 Å². The zero-order chi connectivity index (χ0) is 12.8. The van der Waals surface area contributed by atoms with Crippen molar-refractivity contribution in [3.63, 3.8) is 0 Å². The normalized spacial score (nSPS) is 12.8. The minimum absolute atomic E-state index is 0.425. The van der Waals surface area contributed by atoms with Gasteiger partial charge in [0.05, 0.1) is 6.10 Å². The predicted octanol–water partition coefficient (Wildman–Crippen LogP) is 3.26. The van der Waals surface area contributed by atoms with Gasteiger partial charge in [-0.15, -0.1) is 0 Å². The number of aliphatic hydroxyl groups excluding tert-OH is 1. The molecule has 2 N–H and O–H groups in total. The highest BCUT2D eigenvalue weighted by molar-refractivity contribution is 5.83. The van der Waals surface area contributed by atoms with E-state index in [0.29, 0.717) is 6.54 Å². The fourth-order valence-electron chi connectivity index (χ4n) is 2.07. The average molecular weight is 243 g/mol. The summed E-state index contributed by atoms with van der Waals surface area (Å²) in [7, 11) is 0. The number of hydrogen-bond donors (Lipinski definition) is 2. The van der Waals surface area contributed by atoms with Gasteiger partial charge in [0.1, 0.15) is 0 Å². The number of benzene rings is 2. The monoisotopic (exact) mass is 243 g/mol. The molecule has 2 heteroatoms. The lowest BCUT2D eigenvalue weighted by Gasteiger charge is -2.12. The van der Waals surface area contributed by atoms with E-state index >= 15 is 0 Å². The van der Waals surface area contributed by atoms with Crippen LogP contribution in [0.3, 0.4) is 0 Å². The summed E-state index contributed by atoms with van der Waals surface area (Å²) in [6.07, 6.45) is 1.91. The molecule has 0 fully saturated rings. The molecule has 18 heavy (non-hydrogen) atoms. The molecular formula is C16H21NO. The highest BCUT2D eigenvalue weighted by Crippen LogP contribution is 2.19. The zero-order valence-corrected chi connectivity index (χ0v) is 10.9. The van der Waals surface area contributed by atoms with Gasteiger partial charge in [-0.3, -0.25) is 0 Å². The molecule has 2 nitrogen and oxygen atoms in total. The molecule has 0 bridgehead atoms. The van der Waals surface area contributed by atoms with E-state index in [1.54, 1.807) is 0 Å². The third-order valence-electron chi connectivity index (χ3n) is 3.20. The Hall–Kier alpha value is -1.38. The highest BCUT2D eigenvalue weighted by Gasteiger charge is 2.07. The van der Waals surface area contributed by atoms with Crippen LogP contribution < -0.4 is 5.32 Å². The van der Waals surface area contributed by atoms with Gasteiger partial charge in [-0.1, -0.05) is 49.7 Å². The molecule has 2 aromatic rings. The summed E-state index contributed by atoms with van der Waals surface area (Å²) in [5.74, 6) is 0. The van der Waals surface area contributed by atoms with Gasteiger partial charge in [-0.25, -0.2) is 0 Å². The van der Waals surface area contributed by atoms with Gasteiger partial charge >= 0.3 is 0 Å². The molecule has 0 aromatic heterocycles. The Morgan fingerprint density at radius 2 is 1.89 bits per heavy atom. The molecule has 2 rings (SSSR count). The van der Waals surface area contributed by atoms with Crippen LogP contribution in [0.1, 0.15) is 31.4 Å². The maximum Gasteiger partial charge on any atom is 0.0914 e. The molecule has 1 atom stereocenters. The van der Waals surface area contributed by atoms with E-state index in [2.05, 4.69) is 36.5 Å². The first kappa shape index (κ1) is 13.1. The molecule has 0 unspecified atom stereocenters. The van der Waals surface area contributed by atoms with Crippen molar-refractivity contribution in [1.29, 1.82) is 0 Å². The van der Waals surface area contributed by atoms with Crippen molar-refractivity contribution in [2.24, 2.45) is 0 Å². The summed E-state index contributed by atoms with van der Waals surface area (Å²) in [5.41, 5.74) is 0.984. The van der Waals surface area contributed by atoms with E-state index in [4.69, 9.17) is 0 Å². The van der Waals surface area contributed by atoms with Crippen molar-refractivity contribution in [2.45, 2.75) is 25.9 Å². The third-order valence-corrected chi connectivity index (χ3v) is 3.20. The molecule has 0 spiro atoms. The molecule has 2 aromatic carbocycles. The lowest BCUT2D eigenvalue weighted by molar-refractivity contribution is 0.175. The molecule has 0 heterocycles. The van der Waals surface area contributed by atoms with Crippen molar-refractivity contribution in [1.82, 2.24) is 5.32 Å². The maximum absolute atomic E-state index is 10.1. The van der Waals surface area contributed by atoms with Gasteiger partial charge in [0.2, 0.25) is 0 Å². The SMILES string of the molecule is CCCCNC[C@@H](O)c1ccc2ccccc2c1. The number of aliphatic hydroxyl groups is 1. The van der Waals surface area contributed by atoms with E-state index in [1.165, 1.54) is 17.2 Å². The first-order valence-electron chi connectivity index (χ1n) is 6.68. The summed E-state index contributed by atoms with van der Waals surface area (Å²) < 4.78 is 0. The van der Waals surface area contributed by atoms with Gasteiger partial charge < -0.3 is 10.4 Å². The fraction of sp³-hybridized carbons (Fsp3) is 0.375. The van der Waals surface area contributed by atoms with Crippen LogP contribution in [0.4, 0.5) is 0 Å². The fourth-order valence-corrected chi connectivity index (χ4v) is 2.07. The second-order valence-corrected chi connectivity index (χ2v) is 4.68. The molecule has 96 valence electrons. The Balaban J connectivity index is 2.01. The number of nitrogens with one attached hydrogen (secondary N) is 1. The first-order chi connectivity index (χ1) is 8.81. The smallest absolute Gasteiger partial charge is 0.0914 e. The van der Waals surface area contributed by atoms with E-state index in [1.807, 2.05) is 18.2 Å². The standard InChI is InChI=1S/C16H21NO/c1-2-3-10-17-12-16(18)15-9-8-13-6-4-5-7-14(13)11-15/h4-9,11,16-18H,2-3,10,12H2,1H3/t16-/m1/s1. The topological polar surface area (TPSA) is 32.3 Å². The van der Waals surface area contributed by atoms with Crippen molar-refractivity contribution >= 4 is 10.8 Å². The maximum atomic E-state index is 10.1. The van der Waals surface area contributed by atoms with E-state index in [0.717, 1.165) is 18.5 Å². The highest BCUT2D eigenvalue weighted by atomic mass is 16.3. The van der Waals surface area contributed by atoms with Gasteiger partial charge in [-0.2, -0.15) is 0 Å². The minimum Gasteiger partial charge on any atom is -0.387 e. The first-order valence-corrected chi connectivity index (χ1v) is 6.68. The molecule has 0 saturated carbocycles. The molecule has 0 amide bonds. The van der Waals surface area contributed by atoms with Crippen molar-refractivity contribution in [2.75, 3.05) is 13.1 Å². The molecule has 0 radical (unpaired) electrons. The minimum atomic E-state index is -0.425. The van der Waals surface area contributed by atoms with Crippen LogP contribution in [-0.2, 0) is 0 Å². The lowest BCUT2D eigenvalue weighted by atomic mass is 10.0. The van der Waals surface area contributed by atoms with E-state index < -0.39 is 6.10 Å². The lowest BCUT2D eigenvalue weighted by Crippen LogP contribution is -2.22. The van der Waals surface area contributed by atoms with Gasteiger partial charge in [0.25, 0.3) is 0 Å². The van der Waals surface area contributed by atoms with Crippen LogP contribution in [0.2, 0.25) is 0 Å². The van der Waals surface area contributed by atoms with Crippen LogP contribution in [0.15, 0.2) is 42.5 Å². The van der Waals surface area contributed by atoms with Crippen molar-refractivity contribution in [3.05, 3.63) is 48.0 Å². The van der Waals surface area contributed by atoms with Crippen LogP contribution in [-0.4, -0.2) is 18.2 Å². The molecular weight excluding hydrogens is 222 g/mol. The Morgan fingerprint density at radius 3 is 2.67 bits per heavy atom. The number of fused-ring (bicyclic) bond motifs is 1. The Bertz CT molecular complexity index is 495.